The van der Waals surface area contributed by atoms with Crippen molar-refractivity contribution in [1.82, 2.24) is 15.0 Å². The summed E-state index contributed by atoms with van der Waals surface area (Å²) in [5, 5.41) is 8.66. The van der Waals surface area contributed by atoms with E-state index >= 15 is 0 Å². The number of hydrogen-bond acceptors (Lipinski definition) is 2. The van der Waals surface area contributed by atoms with E-state index in [9.17, 15) is 0 Å². The maximum absolute atomic E-state index is 4.34. The zero-order chi connectivity index (χ0) is 12.7. The number of rotatable bonds is 1. The molecule has 1 fully saturated rings. The van der Waals surface area contributed by atoms with Gasteiger partial charge in [0.25, 0.3) is 0 Å². The molecule has 0 bridgehead atoms. The molecule has 1 aromatic heterocycles. The van der Waals surface area contributed by atoms with Crippen LogP contribution < -0.4 is 0 Å². The van der Waals surface area contributed by atoms with Crippen LogP contribution in [0.3, 0.4) is 0 Å². The van der Waals surface area contributed by atoms with Crippen LogP contribution in [0.1, 0.15) is 72.0 Å². The molecule has 3 nitrogen and oxygen atoms in total. The second-order valence-electron chi connectivity index (χ2n) is 7.25. The molecule has 0 amide bonds. The van der Waals surface area contributed by atoms with E-state index < -0.39 is 0 Å². The molecule has 17 heavy (non-hydrogen) atoms. The average Bonchev–Trinajstić information content (AvgIpc) is 2.63. The Hall–Kier alpha value is -0.860. The van der Waals surface area contributed by atoms with Crippen molar-refractivity contribution >= 4 is 0 Å². The highest BCUT2D eigenvalue weighted by Gasteiger charge is 2.30. The summed E-state index contributed by atoms with van der Waals surface area (Å²) in [6.45, 7) is 11.3. The van der Waals surface area contributed by atoms with Crippen molar-refractivity contribution in [3.63, 3.8) is 0 Å². The molecule has 1 atom stereocenters. The van der Waals surface area contributed by atoms with Crippen molar-refractivity contribution in [2.45, 2.75) is 71.8 Å². The quantitative estimate of drug-likeness (QED) is 0.742. The van der Waals surface area contributed by atoms with Crippen molar-refractivity contribution in [2.75, 3.05) is 0 Å². The van der Waals surface area contributed by atoms with E-state index in [4.69, 9.17) is 0 Å². The Bertz CT molecular complexity index is 384. The van der Waals surface area contributed by atoms with E-state index in [1.165, 1.54) is 25.7 Å². The van der Waals surface area contributed by atoms with Crippen LogP contribution in [0.25, 0.3) is 0 Å². The van der Waals surface area contributed by atoms with E-state index in [1.54, 1.807) is 0 Å². The van der Waals surface area contributed by atoms with E-state index in [2.05, 4.69) is 55.8 Å². The second-order valence-corrected chi connectivity index (χ2v) is 7.25. The fourth-order valence-electron chi connectivity index (χ4n) is 2.68. The van der Waals surface area contributed by atoms with Gasteiger partial charge in [-0.25, -0.2) is 4.68 Å². The minimum absolute atomic E-state index is 0.0996. The van der Waals surface area contributed by atoms with Gasteiger partial charge in [0, 0.05) is 11.6 Å². The summed E-state index contributed by atoms with van der Waals surface area (Å²) in [7, 11) is 0. The first-order chi connectivity index (χ1) is 7.78. The first-order valence-electron chi connectivity index (χ1n) is 6.70. The Labute approximate surface area is 105 Å². The van der Waals surface area contributed by atoms with Gasteiger partial charge >= 0.3 is 0 Å². The van der Waals surface area contributed by atoms with Crippen LogP contribution in [0.15, 0.2) is 6.20 Å². The summed E-state index contributed by atoms with van der Waals surface area (Å²) in [5.41, 5.74) is 1.65. The van der Waals surface area contributed by atoms with Crippen LogP contribution in [-0.4, -0.2) is 15.0 Å². The van der Waals surface area contributed by atoms with Gasteiger partial charge in [0.1, 0.15) is 0 Å². The zero-order valence-electron chi connectivity index (χ0n) is 11.8. The molecule has 0 aromatic carbocycles. The van der Waals surface area contributed by atoms with E-state index in [0.29, 0.717) is 11.5 Å². The summed E-state index contributed by atoms with van der Waals surface area (Å²) < 4.78 is 2.10. The standard InChI is InChI=1S/C14H25N3/c1-13(2,3)12-10-17(16-15-12)11-7-6-8-14(4,5)9-11/h10-11H,6-9H2,1-5H3. The van der Waals surface area contributed by atoms with Gasteiger partial charge in [-0.15, -0.1) is 5.10 Å². The highest BCUT2D eigenvalue weighted by molar-refractivity contribution is 5.07. The third-order valence-corrected chi connectivity index (χ3v) is 3.83. The largest absolute Gasteiger partial charge is 0.249 e. The third kappa shape index (κ3) is 2.88. The molecule has 2 rings (SSSR count). The van der Waals surface area contributed by atoms with Gasteiger partial charge in [-0.1, -0.05) is 46.3 Å². The summed E-state index contributed by atoms with van der Waals surface area (Å²) >= 11 is 0. The Morgan fingerprint density at radius 1 is 1.35 bits per heavy atom. The highest BCUT2D eigenvalue weighted by atomic mass is 15.4. The summed E-state index contributed by atoms with van der Waals surface area (Å²) in [4.78, 5) is 0. The fraction of sp³-hybridized carbons (Fsp3) is 0.857. The van der Waals surface area contributed by atoms with Crippen LogP contribution in [0.5, 0.6) is 0 Å². The van der Waals surface area contributed by atoms with Gasteiger partial charge < -0.3 is 0 Å². The molecule has 1 aliphatic rings. The molecular weight excluding hydrogens is 210 g/mol. The molecule has 0 spiro atoms. The van der Waals surface area contributed by atoms with Gasteiger partial charge in [-0.05, 0) is 24.7 Å². The Morgan fingerprint density at radius 3 is 2.59 bits per heavy atom. The molecule has 1 aromatic rings. The molecule has 0 radical (unpaired) electrons. The highest BCUT2D eigenvalue weighted by Crippen LogP contribution is 2.40. The van der Waals surface area contributed by atoms with Crippen LogP contribution in [0.4, 0.5) is 0 Å². The molecule has 3 heteroatoms. The first-order valence-corrected chi connectivity index (χ1v) is 6.70. The van der Waals surface area contributed by atoms with Crippen LogP contribution >= 0.6 is 0 Å². The topological polar surface area (TPSA) is 30.7 Å². The molecule has 0 N–H and O–H groups in total. The van der Waals surface area contributed by atoms with Crippen molar-refractivity contribution < 1.29 is 0 Å². The number of aromatic nitrogens is 3. The summed E-state index contributed by atoms with van der Waals surface area (Å²) in [5.74, 6) is 0. The Kier molecular flexibility index (Phi) is 3.04. The molecular formula is C14H25N3. The lowest BCUT2D eigenvalue weighted by Gasteiger charge is -2.34. The van der Waals surface area contributed by atoms with Crippen molar-refractivity contribution in [3.05, 3.63) is 11.9 Å². The van der Waals surface area contributed by atoms with E-state index in [-0.39, 0.29) is 5.41 Å². The smallest absolute Gasteiger partial charge is 0.0880 e. The minimum atomic E-state index is 0.0996. The fourth-order valence-corrected chi connectivity index (χ4v) is 2.68. The molecule has 1 heterocycles. The van der Waals surface area contributed by atoms with Crippen molar-refractivity contribution in [1.29, 1.82) is 0 Å². The molecule has 0 aliphatic heterocycles. The van der Waals surface area contributed by atoms with Crippen LogP contribution in [-0.2, 0) is 5.41 Å². The molecule has 1 saturated carbocycles. The van der Waals surface area contributed by atoms with Crippen LogP contribution in [0, 0.1) is 5.41 Å². The van der Waals surface area contributed by atoms with Gasteiger partial charge in [-0.3, -0.25) is 0 Å². The van der Waals surface area contributed by atoms with Gasteiger partial charge in [0.2, 0.25) is 0 Å². The summed E-state index contributed by atoms with van der Waals surface area (Å²) in [6.07, 6.45) is 7.26. The SMILES string of the molecule is CC1(C)CCCC(n2cc(C(C)(C)C)nn2)C1. The van der Waals surface area contributed by atoms with Gasteiger partial charge in [0.15, 0.2) is 0 Å². The normalized spacial score (nSPS) is 24.9. The van der Waals surface area contributed by atoms with Crippen LogP contribution in [0.2, 0.25) is 0 Å². The third-order valence-electron chi connectivity index (χ3n) is 3.83. The molecule has 1 aliphatic carbocycles. The van der Waals surface area contributed by atoms with Gasteiger partial charge in [-0.2, -0.15) is 0 Å². The number of hydrogen-bond donors (Lipinski definition) is 0. The van der Waals surface area contributed by atoms with Crippen molar-refractivity contribution in [3.8, 4) is 0 Å². The predicted octanol–water partition coefficient (Wildman–Crippen LogP) is 3.72. The summed E-state index contributed by atoms with van der Waals surface area (Å²) in [6, 6.07) is 0.544. The lowest BCUT2D eigenvalue weighted by Crippen LogP contribution is -2.25. The lowest BCUT2D eigenvalue weighted by molar-refractivity contribution is 0.173. The number of nitrogens with zero attached hydrogens (tertiary/aromatic N) is 3. The van der Waals surface area contributed by atoms with E-state index in [1.807, 2.05) is 0 Å². The molecule has 96 valence electrons. The lowest BCUT2D eigenvalue weighted by atomic mass is 9.75. The molecule has 0 saturated heterocycles. The monoisotopic (exact) mass is 235 g/mol. The Morgan fingerprint density at radius 2 is 2.06 bits per heavy atom. The maximum Gasteiger partial charge on any atom is 0.0880 e. The predicted molar refractivity (Wildman–Crippen MR) is 70.0 cm³/mol. The second kappa shape index (κ2) is 4.11. The molecule has 1 unspecified atom stereocenters. The average molecular weight is 235 g/mol. The van der Waals surface area contributed by atoms with Gasteiger partial charge in [0.05, 0.1) is 11.7 Å². The van der Waals surface area contributed by atoms with Crippen molar-refractivity contribution in [2.24, 2.45) is 5.41 Å². The zero-order valence-corrected chi connectivity index (χ0v) is 11.8. The first kappa shape index (κ1) is 12.6. The maximum atomic E-state index is 4.34. The minimum Gasteiger partial charge on any atom is -0.249 e. The Balaban J connectivity index is 2.15. The van der Waals surface area contributed by atoms with E-state index in [0.717, 1.165) is 5.69 Å².